The van der Waals surface area contributed by atoms with Gasteiger partial charge in [-0.2, -0.15) is 0 Å². The molecule has 3 rings (SSSR count). The number of anilines is 2. The SMILES string of the molecule is Fc1ccccc1N1CCN(c2ccnc(Cl)n2)CC1. The number of hydrogen-bond donors (Lipinski definition) is 0. The van der Waals surface area contributed by atoms with Crippen LogP contribution in [0.1, 0.15) is 0 Å². The molecule has 6 heteroatoms. The molecule has 0 spiro atoms. The second kappa shape index (κ2) is 5.63. The summed E-state index contributed by atoms with van der Waals surface area (Å²) in [7, 11) is 0. The zero-order valence-corrected chi connectivity index (χ0v) is 11.6. The fourth-order valence-corrected chi connectivity index (χ4v) is 2.53. The van der Waals surface area contributed by atoms with Crippen LogP contribution in [0.5, 0.6) is 0 Å². The lowest BCUT2D eigenvalue weighted by molar-refractivity contribution is 0.596. The number of hydrogen-bond acceptors (Lipinski definition) is 4. The van der Waals surface area contributed by atoms with Crippen LogP contribution in [0.3, 0.4) is 0 Å². The molecule has 1 aliphatic rings. The summed E-state index contributed by atoms with van der Waals surface area (Å²) in [4.78, 5) is 12.3. The standard InChI is InChI=1S/C14H14ClFN4/c15-14-17-6-5-13(18-14)20-9-7-19(8-10-20)12-4-2-1-3-11(12)16/h1-6H,7-10H2. The first-order valence-electron chi connectivity index (χ1n) is 6.47. The van der Waals surface area contributed by atoms with Gasteiger partial charge in [-0.05, 0) is 29.8 Å². The van der Waals surface area contributed by atoms with Crippen LogP contribution in [0.15, 0.2) is 36.5 Å². The quantitative estimate of drug-likeness (QED) is 0.797. The third kappa shape index (κ3) is 2.67. The van der Waals surface area contributed by atoms with Gasteiger partial charge in [0.2, 0.25) is 5.28 Å². The summed E-state index contributed by atoms with van der Waals surface area (Å²) in [6.45, 7) is 3.06. The van der Waals surface area contributed by atoms with Gasteiger partial charge in [0, 0.05) is 32.4 Å². The molecule has 104 valence electrons. The maximum Gasteiger partial charge on any atom is 0.224 e. The van der Waals surface area contributed by atoms with Crippen molar-refractivity contribution in [3.05, 3.63) is 47.6 Å². The number of halogens is 2. The number of para-hydroxylation sites is 1. The first-order chi connectivity index (χ1) is 9.74. The Morgan fingerprint density at radius 2 is 1.70 bits per heavy atom. The Morgan fingerprint density at radius 1 is 1.00 bits per heavy atom. The lowest BCUT2D eigenvalue weighted by Gasteiger charge is -2.36. The maximum absolute atomic E-state index is 13.8. The van der Waals surface area contributed by atoms with Crippen LogP contribution < -0.4 is 9.80 Å². The normalized spacial score (nSPS) is 15.5. The Hall–Kier alpha value is -1.88. The van der Waals surface area contributed by atoms with E-state index in [2.05, 4.69) is 19.8 Å². The molecule has 4 nitrogen and oxygen atoms in total. The van der Waals surface area contributed by atoms with E-state index in [1.54, 1.807) is 12.3 Å². The Balaban J connectivity index is 1.70. The van der Waals surface area contributed by atoms with Crippen LogP contribution in [0.25, 0.3) is 0 Å². The molecule has 1 saturated heterocycles. The van der Waals surface area contributed by atoms with E-state index in [0.29, 0.717) is 5.69 Å². The molecular formula is C14H14ClFN4. The summed E-state index contributed by atoms with van der Waals surface area (Å²) in [5, 5.41) is 0.249. The predicted octanol–water partition coefficient (Wildman–Crippen LogP) is 2.60. The molecule has 0 N–H and O–H groups in total. The highest BCUT2D eigenvalue weighted by Gasteiger charge is 2.20. The smallest absolute Gasteiger partial charge is 0.224 e. The molecule has 0 bridgehead atoms. The molecule has 0 aliphatic carbocycles. The molecule has 0 radical (unpaired) electrons. The molecule has 1 fully saturated rings. The lowest BCUT2D eigenvalue weighted by Crippen LogP contribution is -2.47. The largest absolute Gasteiger partial charge is 0.366 e. The van der Waals surface area contributed by atoms with Crippen molar-refractivity contribution in [2.75, 3.05) is 36.0 Å². The Morgan fingerprint density at radius 3 is 2.40 bits per heavy atom. The van der Waals surface area contributed by atoms with Crippen LogP contribution in [0, 0.1) is 5.82 Å². The number of aromatic nitrogens is 2. The molecule has 0 unspecified atom stereocenters. The van der Waals surface area contributed by atoms with Gasteiger partial charge in [0.1, 0.15) is 11.6 Å². The van der Waals surface area contributed by atoms with Gasteiger partial charge in [0.15, 0.2) is 0 Å². The molecule has 2 heterocycles. The molecule has 2 aromatic rings. The summed E-state index contributed by atoms with van der Waals surface area (Å²) in [6, 6.07) is 8.70. The van der Waals surface area contributed by atoms with Gasteiger partial charge < -0.3 is 9.80 Å². The van der Waals surface area contributed by atoms with E-state index in [0.717, 1.165) is 32.0 Å². The van der Waals surface area contributed by atoms with Crippen molar-refractivity contribution in [3.8, 4) is 0 Å². The molecule has 0 atom stereocenters. The van der Waals surface area contributed by atoms with Crippen molar-refractivity contribution in [3.63, 3.8) is 0 Å². The Bertz CT molecular complexity index is 599. The van der Waals surface area contributed by atoms with Gasteiger partial charge in [-0.1, -0.05) is 12.1 Å². The highest BCUT2D eigenvalue weighted by atomic mass is 35.5. The fourth-order valence-electron chi connectivity index (χ4n) is 2.39. The molecule has 1 aliphatic heterocycles. The number of piperazine rings is 1. The van der Waals surface area contributed by atoms with Gasteiger partial charge in [-0.3, -0.25) is 0 Å². The second-order valence-electron chi connectivity index (χ2n) is 4.61. The van der Waals surface area contributed by atoms with Gasteiger partial charge in [0.05, 0.1) is 5.69 Å². The monoisotopic (exact) mass is 292 g/mol. The summed E-state index contributed by atoms with van der Waals surface area (Å²) in [5.74, 6) is 0.643. The summed E-state index contributed by atoms with van der Waals surface area (Å²) in [6.07, 6.45) is 1.65. The van der Waals surface area contributed by atoms with Crippen LogP contribution in [0.2, 0.25) is 5.28 Å². The topological polar surface area (TPSA) is 32.3 Å². The zero-order chi connectivity index (χ0) is 13.9. The van der Waals surface area contributed by atoms with Crippen molar-refractivity contribution in [1.29, 1.82) is 0 Å². The molecule has 20 heavy (non-hydrogen) atoms. The van der Waals surface area contributed by atoms with E-state index in [4.69, 9.17) is 11.6 Å². The minimum Gasteiger partial charge on any atom is -0.366 e. The number of rotatable bonds is 2. The molecule has 0 saturated carbocycles. The lowest BCUT2D eigenvalue weighted by atomic mass is 10.2. The highest BCUT2D eigenvalue weighted by Crippen LogP contribution is 2.22. The van der Waals surface area contributed by atoms with E-state index in [-0.39, 0.29) is 11.1 Å². The molecular weight excluding hydrogens is 279 g/mol. The molecule has 0 amide bonds. The minimum absolute atomic E-state index is 0.175. The third-order valence-electron chi connectivity index (χ3n) is 3.41. The van der Waals surface area contributed by atoms with E-state index >= 15 is 0 Å². The summed E-state index contributed by atoms with van der Waals surface area (Å²) < 4.78 is 13.8. The second-order valence-corrected chi connectivity index (χ2v) is 4.95. The predicted molar refractivity (Wildman–Crippen MR) is 77.9 cm³/mol. The van der Waals surface area contributed by atoms with Crippen molar-refractivity contribution >= 4 is 23.1 Å². The average Bonchev–Trinajstić information content (AvgIpc) is 2.48. The first-order valence-corrected chi connectivity index (χ1v) is 6.85. The fraction of sp³-hybridized carbons (Fsp3) is 0.286. The highest BCUT2D eigenvalue weighted by molar-refractivity contribution is 6.28. The average molecular weight is 293 g/mol. The molecule has 1 aromatic heterocycles. The number of nitrogens with zero attached hydrogens (tertiary/aromatic N) is 4. The maximum atomic E-state index is 13.8. The first kappa shape index (κ1) is 13.1. The van der Waals surface area contributed by atoms with Crippen LogP contribution in [-0.4, -0.2) is 36.1 Å². The van der Waals surface area contributed by atoms with Crippen molar-refractivity contribution in [1.82, 2.24) is 9.97 Å². The third-order valence-corrected chi connectivity index (χ3v) is 3.59. The minimum atomic E-state index is -0.175. The van der Waals surface area contributed by atoms with Crippen molar-refractivity contribution in [2.45, 2.75) is 0 Å². The van der Waals surface area contributed by atoms with E-state index < -0.39 is 0 Å². The summed E-state index contributed by atoms with van der Waals surface area (Å²) >= 11 is 5.80. The van der Waals surface area contributed by atoms with Crippen molar-refractivity contribution in [2.24, 2.45) is 0 Å². The van der Waals surface area contributed by atoms with E-state index in [9.17, 15) is 4.39 Å². The van der Waals surface area contributed by atoms with E-state index in [1.165, 1.54) is 6.07 Å². The Kier molecular flexibility index (Phi) is 3.69. The van der Waals surface area contributed by atoms with Gasteiger partial charge in [-0.15, -0.1) is 0 Å². The van der Waals surface area contributed by atoms with E-state index in [1.807, 2.05) is 18.2 Å². The Labute approximate surface area is 121 Å². The van der Waals surface area contributed by atoms with Crippen LogP contribution in [-0.2, 0) is 0 Å². The zero-order valence-electron chi connectivity index (χ0n) is 10.8. The van der Waals surface area contributed by atoms with Gasteiger partial charge in [-0.25, -0.2) is 14.4 Å². The summed E-state index contributed by atoms with van der Waals surface area (Å²) in [5.41, 5.74) is 0.660. The van der Waals surface area contributed by atoms with Gasteiger partial charge >= 0.3 is 0 Å². The van der Waals surface area contributed by atoms with Gasteiger partial charge in [0.25, 0.3) is 0 Å². The van der Waals surface area contributed by atoms with Crippen LogP contribution in [0.4, 0.5) is 15.9 Å². The molecule has 1 aromatic carbocycles. The van der Waals surface area contributed by atoms with Crippen molar-refractivity contribution < 1.29 is 4.39 Å². The van der Waals surface area contributed by atoms with Crippen LogP contribution >= 0.6 is 11.6 Å². The number of benzene rings is 1.